The van der Waals surface area contributed by atoms with E-state index >= 15 is 0 Å². The Morgan fingerprint density at radius 2 is 2.15 bits per heavy atom. The van der Waals surface area contributed by atoms with Crippen molar-refractivity contribution in [3.8, 4) is 0 Å². The van der Waals surface area contributed by atoms with Gasteiger partial charge in [-0.05, 0) is 30.5 Å². The molecule has 0 aliphatic heterocycles. The van der Waals surface area contributed by atoms with Crippen LogP contribution in [-0.2, 0) is 11.3 Å². The molecule has 1 aliphatic carbocycles. The molecule has 3 nitrogen and oxygen atoms in total. The minimum atomic E-state index is -0.00230. The third-order valence-electron chi connectivity index (χ3n) is 3.99. The topological polar surface area (TPSA) is 41.1 Å². The Morgan fingerprint density at radius 3 is 2.80 bits per heavy atom. The summed E-state index contributed by atoms with van der Waals surface area (Å²) in [5, 5.41) is 8.53. The summed E-state index contributed by atoms with van der Waals surface area (Å²) in [5.74, 6) is -0.00230. The summed E-state index contributed by atoms with van der Waals surface area (Å²) in [6.07, 6.45) is 8.99. The Bertz CT molecular complexity index is 439. The number of carbonyl (C=O) groups excluding carboxylic acids is 1. The summed E-state index contributed by atoms with van der Waals surface area (Å²) in [7, 11) is 0. The maximum absolute atomic E-state index is 11.2. The van der Waals surface area contributed by atoms with Gasteiger partial charge in [-0.2, -0.15) is 11.8 Å². The highest BCUT2D eigenvalue weighted by molar-refractivity contribution is 8.00. The van der Waals surface area contributed by atoms with Crippen LogP contribution in [0.1, 0.15) is 43.9 Å². The van der Waals surface area contributed by atoms with Crippen molar-refractivity contribution in [1.29, 1.82) is 0 Å². The van der Waals surface area contributed by atoms with Crippen LogP contribution in [0.15, 0.2) is 11.4 Å². The van der Waals surface area contributed by atoms with Gasteiger partial charge in [0.1, 0.15) is 0 Å². The number of hydrogen-bond acceptors (Lipinski definition) is 4. The van der Waals surface area contributed by atoms with Crippen LogP contribution in [-0.4, -0.2) is 23.5 Å². The average Bonchev–Trinajstić information content (AvgIpc) is 2.86. The Hall–Kier alpha value is -0.520. The summed E-state index contributed by atoms with van der Waals surface area (Å²) in [6, 6.07) is 1.98. The van der Waals surface area contributed by atoms with Crippen molar-refractivity contribution in [2.75, 3.05) is 18.1 Å². The zero-order valence-corrected chi connectivity index (χ0v) is 14.0. The first kappa shape index (κ1) is 15.9. The van der Waals surface area contributed by atoms with Crippen molar-refractivity contribution in [3.05, 3.63) is 16.3 Å². The quantitative estimate of drug-likeness (QED) is 0.838. The number of thioether (sulfide) groups is 1. The summed E-state index contributed by atoms with van der Waals surface area (Å²) < 4.78 is 0.420. The van der Waals surface area contributed by atoms with Crippen molar-refractivity contribution in [3.63, 3.8) is 0 Å². The lowest BCUT2D eigenvalue weighted by Gasteiger charge is -2.36. The molecule has 112 valence electrons. The molecule has 1 aromatic heterocycles. The first-order valence-electron chi connectivity index (χ1n) is 7.25. The van der Waals surface area contributed by atoms with Gasteiger partial charge in [0, 0.05) is 29.6 Å². The molecule has 0 atom stereocenters. The van der Waals surface area contributed by atoms with E-state index < -0.39 is 0 Å². The van der Waals surface area contributed by atoms with Crippen molar-refractivity contribution >= 4 is 34.7 Å². The van der Waals surface area contributed by atoms with Gasteiger partial charge in [-0.3, -0.25) is 4.79 Å². The van der Waals surface area contributed by atoms with Gasteiger partial charge in [-0.1, -0.05) is 19.3 Å². The van der Waals surface area contributed by atoms with Crippen LogP contribution in [0.5, 0.6) is 0 Å². The Morgan fingerprint density at radius 1 is 1.40 bits per heavy atom. The lowest BCUT2D eigenvalue weighted by Crippen LogP contribution is -2.39. The van der Waals surface area contributed by atoms with Crippen LogP contribution in [0, 0.1) is 0 Å². The van der Waals surface area contributed by atoms with Gasteiger partial charge in [-0.25, -0.2) is 0 Å². The number of hydrogen-bond donors (Lipinski definition) is 2. The minimum absolute atomic E-state index is 0.00230. The second kappa shape index (κ2) is 7.48. The van der Waals surface area contributed by atoms with E-state index in [4.69, 9.17) is 0 Å². The Balaban J connectivity index is 1.86. The van der Waals surface area contributed by atoms with E-state index in [2.05, 4.69) is 16.9 Å². The molecule has 1 aliphatic rings. The van der Waals surface area contributed by atoms with E-state index in [1.807, 2.05) is 23.2 Å². The summed E-state index contributed by atoms with van der Waals surface area (Å²) in [4.78, 5) is 12.4. The highest BCUT2D eigenvalue weighted by atomic mass is 32.2. The van der Waals surface area contributed by atoms with E-state index in [0.29, 0.717) is 4.75 Å². The highest BCUT2D eigenvalue weighted by Crippen LogP contribution is 2.38. The second-order valence-electron chi connectivity index (χ2n) is 5.49. The predicted octanol–water partition coefficient (Wildman–Crippen LogP) is 3.86. The van der Waals surface area contributed by atoms with Crippen molar-refractivity contribution in [2.45, 2.75) is 50.3 Å². The minimum Gasteiger partial charge on any atom is -0.325 e. The van der Waals surface area contributed by atoms with Gasteiger partial charge >= 0.3 is 0 Å². The Kier molecular flexibility index (Phi) is 5.93. The number of rotatable bonds is 6. The number of carbonyl (C=O) groups is 1. The molecule has 0 radical (unpaired) electrons. The first-order valence-corrected chi connectivity index (χ1v) is 9.35. The maximum atomic E-state index is 11.2. The van der Waals surface area contributed by atoms with Crippen molar-refractivity contribution in [2.24, 2.45) is 0 Å². The standard InChI is InChI=1S/C15H24N2OS2/c1-12(18)17-13-6-9-20-14(13)10-16-11-15(19-2)7-4-3-5-8-15/h6,9,16H,3-5,7-8,10-11H2,1-2H3,(H,17,18). The smallest absolute Gasteiger partial charge is 0.221 e. The third kappa shape index (κ3) is 4.24. The van der Waals surface area contributed by atoms with Gasteiger partial charge in [0.15, 0.2) is 0 Å². The monoisotopic (exact) mass is 312 g/mol. The molecule has 0 bridgehead atoms. The van der Waals surface area contributed by atoms with Crippen LogP contribution in [0.2, 0.25) is 0 Å². The van der Waals surface area contributed by atoms with Gasteiger partial charge in [0.05, 0.1) is 5.69 Å². The van der Waals surface area contributed by atoms with Crippen LogP contribution < -0.4 is 10.6 Å². The zero-order chi connectivity index (χ0) is 14.4. The molecule has 0 unspecified atom stereocenters. The van der Waals surface area contributed by atoms with E-state index in [1.54, 1.807) is 18.3 Å². The average molecular weight is 313 g/mol. The molecule has 1 amide bonds. The molecule has 5 heteroatoms. The number of anilines is 1. The molecule has 20 heavy (non-hydrogen) atoms. The molecule has 1 fully saturated rings. The van der Waals surface area contributed by atoms with E-state index in [9.17, 15) is 4.79 Å². The molecular formula is C15H24N2OS2. The van der Waals surface area contributed by atoms with Crippen LogP contribution >= 0.6 is 23.1 Å². The zero-order valence-electron chi connectivity index (χ0n) is 12.3. The van der Waals surface area contributed by atoms with Gasteiger partial charge in [-0.15, -0.1) is 11.3 Å². The third-order valence-corrected chi connectivity index (χ3v) is 6.33. The fourth-order valence-corrected chi connectivity index (χ4v) is 4.57. The lowest BCUT2D eigenvalue weighted by atomic mass is 9.88. The molecule has 1 heterocycles. The largest absolute Gasteiger partial charge is 0.325 e. The van der Waals surface area contributed by atoms with E-state index in [-0.39, 0.29) is 5.91 Å². The van der Waals surface area contributed by atoms with Gasteiger partial charge < -0.3 is 10.6 Å². The second-order valence-corrected chi connectivity index (χ2v) is 7.76. The van der Waals surface area contributed by atoms with Crippen LogP contribution in [0.4, 0.5) is 5.69 Å². The molecule has 2 N–H and O–H groups in total. The summed E-state index contributed by atoms with van der Waals surface area (Å²) in [6.45, 7) is 3.46. The maximum Gasteiger partial charge on any atom is 0.221 e. The Labute approximate surface area is 129 Å². The summed E-state index contributed by atoms with van der Waals surface area (Å²) in [5.41, 5.74) is 0.955. The number of nitrogens with one attached hydrogen (secondary N) is 2. The van der Waals surface area contributed by atoms with Crippen LogP contribution in [0.25, 0.3) is 0 Å². The molecule has 1 aromatic rings. The molecular weight excluding hydrogens is 288 g/mol. The van der Waals surface area contributed by atoms with E-state index in [1.165, 1.54) is 37.0 Å². The fourth-order valence-electron chi connectivity index (χ4n) is 2.83. The normalized spacial score (nSPS) is 17.9. The first-order chi connectivity index (χ1) is 9.65. The molecule has 0 aromatic carbocycles. The molecule has 0 saturated heterocycles. The lowest BCUT2D eigenvalue weighted by molar-refractivity contribution is -0.114. The molecule has 2 rings (SSSR count). The van der Waals surface area contributed by atoms with E-state index in [0.717, 1.165) is 18.8 Å². The SMILES string of the molecule is CSC1(CNCc2sccc2NC(C)=O)CCCCC1. The highest BCUT2D eigenvalue weighted by Gasteiger charge is 2.30. The molecule has 0 spiro atoms. The summed E-state index contributed by atoms with van der Waals surface area (Å²) >= 11 is 3.72. The predicted molar refractivity (Wildman–Crippen MR) is 89.7 cm³/mol. The molecule has 1 saturated carbocycles. The number of amides is 1. The fraction of sp³-hybridized carbons (Fsp3) is 0.667. The van der Waals surface area contributed by atoms with Crippen molar-refractivity contribution in [1.82, 2.24) is 5.32 Å². The number of thiophene rings is 1. The van der Waals surface area contributed by atoms with Gasteiger partial charge in [0.25, 0.3) is 0 Å². The van der Waals surface area contributed by atoms with Crippen molar-refractivity contribution < 1.29 is 4.79 Å². The van der Waals surface area contributed by atoms with Crippen LogP contribution in [0.3, 0.4) is 0 Å². The van der Waals surface area contributed by atoms with Gasteiger partial charge in [0.2, 0.25) is 5.91 Å².